The number of carbonyl (C=O) groups excluding carboxylic acids is 2. The molecular formula is C39H37N5O5. The van der Waals surface area contributed by atoms with Crippen molar-refractivity contribution in [3.63, 3.8) is 0 Å². The van der Waals surface area contributed by atoms with E-state index in [1.807, 2.05) is 116 Å². The second kappa shape index (κ2) is 12.9. The van der Waals surface area contributed by atoms with Gasteiger partial charge in [0, 0.05) is 75.6 Å². The summed E-state index contributed by atoms with van der Waals surface area (Å²) in [4.78, 5) is 28.4. The molecule has 0 spiro atoms. The van der Waals surface area contributed by atoms with E-state index in [4.69, 9.17) is 9.47 Å². The minimum atomic E-state index is -0.236. The molecule has 6 aromatic rings. The van der Waals surface area contributed by atoms with E-state index >= 15 is 0 Å². The van der Waals surface area contributed by atoms with Gasteiger partial charge in [0.15, 0.2) is 12.6 Å². The summed E-state index contributed by atoms with van der Waals surface area (Å²) in [5, 5.41) is 17.8. The summed E-state index contributed by atoms with van der Waals surface area (Å²) >= 11 is 0. The Kier molecular flexibility index (Phi) is 8.12. The van der Waals surface area contributed by atoms with Gasteiger partial charge < -0.3 is 39.2 Å². The predicted octanol–water partition coefficient (Wildman–Crippen LogP) is 6.77. The number of aromatic nitrogens is 2. The molecule has 0 unspecified atom stereocenters. The Morgan fingerprint density at radius 1 is 0.714 bits per heavy atom. The average Bonchev–Trinajstić information content (AvgIpc) is 3.71. The van der Waals surface area contributed by atoms with Gasteiger partial charge in [0.1, 0.15) is 0 Å². The van der Waals surface area contributed by atoms with Crippen molar-refractivity contribution in [2.24, 2.45) is 0 Å². The Labute approximate surface area is 283 Å². The number of nitrogens with one attached hydrogen (secondary N) is 2. The molecule has 8 rings (SSSR count). The summed E-state index contributed by atoms with van der Waals surface area (Å²) in [5.74, 6) is -0.357. The lowest BCUT2D eigenvalue weighted by Crippen LogP contribution is -2.41. The first-order chi connectivity index (χ1) is 23.9. The normalized spacial score (nSPS) is 18.0. The lowest BCUT2D eigenvalue weighted by atomic mass is 10.1. The van der Waals surface area contributed by atoms with Gasteiger partial charge in [0.25, 0.3) is 11.8 Å². The van der Waals surface area contributed by atoms with Crippen LogP contribution >= 0.6 is 0 Å². The molecule has 2 aliphatic rings. The molecule has 2 aliphatic heterocycles. The average molecular weight is 656 g/mol. The van der Waals surface area contributed by atoms with Crippen LogP contribution in [0.3, 0.4) is 0 Å². The number of carbonyl (C=O) groups is 2. The molecule has 10 heteroatoms. The summed E-state index contributed by atoms with van der Waals surface area (Å²) in [5.41, 5.74) is 6.58. The second-order valence-electron chi connectivity index (χ2n) is 12.7. The third-order valence-corrected chi connectivity index (χ3v) is 9.38. The van der Waals surface area contributed by atoms with E-state index in [1.165, 1.54) is 0 Å². The Morgan fingerprint density at radius 2 is 1.27 bits per heavy atom. The number of ether oxygens (including phenoxy) is 2. The minimum absolute atomic E-state index is 0.155. The van der Waals surface area contributed by atoms with Crippen LogP contribution in [0.15, 0.2) is 109 Å². The second-order valence-corrected chi connectivity index (χ2v) is 12.7. The van der Waals surface area contributed by atoms with E-state index in [0.29, 0.717) is 23.4 Å². The number of hydrogen-bond acceptors (Lipinski definition) is 6. The topological polar surface area (TPSA) is 110 Å². The fraction of sp³-hybridized carbons (Fsp3) is 0.231. The highest BCUT2D eigenvalue weighted by atomic mass is 16.9. The van der Waals surface area contributed by atoms with E-state index in [2.05, 4.69) is 24.7 Å². The maximum atomic E-state index is 13.1. The van der Waals surface area contributed by atoms with Crippen LogP contribution in [-0.2, 0) is 16.0 Å². The number of piperidine rings is 1. The zero-order valence-electron chi connectivity index (χ0n) is 27.1. The highest BCUT2D eigenvalue weighted by Gasteiger charge is 2.27. The zero-order valence-corrected chi connectivity index (χ0v) is 27.1. The highest BCUT2D eigenvalue weighted by molar-refractivity contribution is 6.06. The van der Waals surface area contributed by atoms with Crippen molar-refractivity contribution < 1.29 is 24.2 Å². The van der Waals surface area contributed by atoms with Gasteiger partial charge in [0.05, 0.1) is 18.2 Å². The van der Waals surface area contributed by atoms with E-state index < -0.39 is 0 Å². The van der Waals surface area contributed by atoms with Gasteiger partial charge in [-0.2, -0.15) is 0 Å². The molecule has 10 nitrogen and oxygen atoms in total. The number of benzene rings is 4. The Morgan fingerprint density at radius 3 is 1.88 bits per heavy atom. The quantitative estimate of drug-likeness (QED) is 0.167. The summed E-state index contributed by atoms with van der Waals surface area (Å²) in [6.45, 7) is 4.11. The van der Waals surface area contributed by atoms with Gasteiger partial charge in [-0.25, -0.2) is 0 Å². The fourth-order valence-electron chi connectivity index (χ4n) is 6.69. The standard InChI is InChI=1S/C39H37N5O5/c1-25-48-37(49-25)24-43-18-14-28-22-30(6-12-35(28)43)40-39(47)27-4-10-33(11-5-27)44-21-15-29-23-31(7-13-36(29)44)41-38(46)26-2-8-32(9-3-26)42-19-16-34(45)17-20-42/h2-15,18,21-23,25,34,37,45H,16-17,19-20,24H2,1H3,(H,40,47)(H,41,46). The van der Waals surface area contributed by atoms with Gasteiger partial charge in [-0.1, -0.05) is 0 Å². The van der Waals surface area contributed by atoms with Gasteiger partial charge in [-0.05, 0) is 117 Å². The maximum absolute atomic E-state index is 13.1. The summed E-state index contributed by atoms with van der Waals surface area (Å²) in [6, 6.07) is 30.8. The lowest BCUT2D eigenvalue weighted by molar-refractivity contribution is -0.378. The Bertz CT molecular complexity index is 2140. The van der Waals surface area contributed by atoms with Gasteiger partial charge in [-0.15, -0.1) is 0 Å². The molecule has 2 fully saturated rings. The first-order valence-corrected chi connectivity index (χ1v) is 16.6. The van der Waals surface area contributed by atoms with Crippen LogP contribution in [0.5, 0.6) is 0 Å². The van der Waals surface area contributed by atoms with Crippen molar-refractivity contribution in [1.29, 1.82) is 0 Å². The van der Waals surface area contributed by atoms with Crippen LogP contribution in [0.1, 0.15) is 40.5 Å². The van der Waals surface area contributed by atoms with Crippen LogP contribution in [0.2, 0.25) is 0 Å². The van der Waals surface area contributed by atoms with Crippen molar-refractivity contribution >= 4 is 50.7 Å². The molecule has 49 heavy (non-hydrogen) atoms. The molecule has 0 radical (unpaired) electrons. The summed E-state index contributed by atoms with van der Waals surface area (Å²) in [6.07, 6.45) is 4.89. The van der Waals surface area contributed by atoms with E-state index in [1.54, 1.807) is 0 Å². The largest absolute Gasteiger partial charge is 0.393 e. The molecule has 2 amide bonds. The number of rotatable bonds is 8. The van der Waals surface area contributed by atoms with E-state index in [-0.39, 0.29) is 30.5 Å². The molecule has 0 aliphatic carbocycles. The maximum Gasteiger partial charge on any atom is 0.255 e. The molecule has 0 saturated carbocycles. The first kappa shape index (κ1) is 30.9. The van der Waals surface area contributed by atoms with Crippen LogP contribution in [0, 0.1) is 0 Å². The van der Waals surface area contributed by atoms with Crippen molar-refractivity contribution in [2.45, 2.75) is 45.0 Å². The third kappa shape index (κ3) is 6.41. The van der Waals surface area contributed by atoms with Crippen LogP contribution in [0.25, 0.3) is 27.5 Å². The Hall–Kier alpha value is -5.42. The number of amides is 2. The predicted molar refractivity (Wildman–Crippen MR) is 190 cm³/mol. The van der Waals surface area contributed by atoms with Crippen LogP contribution < -0.4 is 15.5 Å². The van der Waals surface area contributed by atoms with Crippen molar-refractivity contribution in [3.05, 3.63) is 121 Å². The van der Waals surface area contributed by atoms with Crippen molar-refractivity contribution in [1.82, 2.24) is 9.13 Å². The van der Waals surface area contributed by atoms with Crippen molar-refractivity contribution in [2.75, 3.05) is 28.6 Å². The molecule has 4 heterocycles. The van der Waals surface area contributed by atoms with Crippen LogP contribution in [-0.4, -0.2) is 57.8 Å². The van der Waals surface area contributed by atoms with E-state index in [9.17, 15) is 14.7 Å². The number of hydrogen-bond donors (Lipinski definition) is 3. The molecule has 2 saturated heterocycles. The zero-order chi connectivity index (χ0) is 33.5. The third-order valence-electron chi connectivity index (χ3n) is 9.38. The minimum Gasteiger partial charge on any atom is -0.393 e. The molecule has 0 bridgehead atoms. The Balaban J connectivity index is 0.901. The molecule has 248 valence electrons. The molecule has 0 atom stereocenters. The molecule has 4 aromatic carbocycles. The monoisotopic (exact) mass is 655 g/mol. The first-order valence-electron chi connectivity index (χ1n) is 16.6. The van der Waals surface area contributed by atoms with Gasteiger partial charge in [0.2, 0.25) is 0 Å². The van der Waals surface area contributed by atoms with Crippen molar-refractivity contribution in [3.8, 4) is 5.69 Å². The number of anilines is 3. The highest BCUT2D eigenvalue weighted by Crippen LogP contribution is 2.27. The van der Waals surface area contributed by atoms with Gasteiger partial charge in [-0.3, -0.25) is 9.59 Å². The lowest BCUT2D eigenvalue weighted by Gasteiger charge is -2.34. The molecule has 2 aromatic heterocycles. The summed E-state index contributed by atoms with van der Waals surface area (Å²) in [7, 11) is 0. The molecular weight excluding hydrogens is 618 g/mol. The fourth-order valence-corrected chi connectivity index (χ4v) is 6.69. The van der Waals surface area contributed by atoms with E-state index in [0.717, 1.165) is 64.8 Å². The summed E-state index contributed by atoms with van der Waals surface area (Å²) < 4.78 is 15.3. The number of aliphatic hydroxyl groups excluding tert-OH is 1. The number of aliphatic hydroxyl groups is 1. The number of nitrogens with zero attached hydrogens (tertiary/aromatic N) is 3. The van der Waals surface area contributed by atoms with Gasteiger partial charge >= 0.3 is 0 Å². The smallest absolute Gasteiger partial charge is 0.255 e. The SMILES string of the molecule is CC1OC(Cn2ccc3cc(NC(=O)c4ccc(-n5ccc6cc(NC(=O)c7ccc(N8CCC(O)CC8)cc7)ccc65)cc4)ccc32)O1. The van der Waals surface area contributed by atoms with Crippen LogP contribution in [0.4, 0.5) is 17.1 Å². The number of fused-ring (bicyclic) bond motifs is 2. The molecule has 3 N–H and O–H groups in total.